The molecule has 1 aromatic carbocycles. The number of nitrogens with one attached hydrogen (secondary N) is 1. The predicted octanol–water partition coefficient (Wildman–Crippen LogP) is 2.83. The third-order valence-electron chi connectivity index (χ3n) is 3.88. The summed E-state index contributed by atoms with van der Waals surface area (Å²) < 4.78 is 0. The predicted molar refractivity (Wildman–Crippen MR) is 83.2 cm³/mol. The summed E-state index contributed by atoms with van der Waals surface area (Å²) in [4.78, 5) is 14.5. The van der Waals surface area contributed by atoms with Crippen LogP contribution in [0.5, 0.6) is 0 Å². The maximum atomic E-state index is 12.4. The van der Waals surface area contributed by atoms with Gasteiger partial charge in [0.1, 0.15) is 0 Å². The van der Waals surface area contributed by atoms with E-state index in [1.165, 1.54) is 0 Å². The van der Waals surface area contributed by atoms with E-state index in [4.69, 9.17) is 11.6 Å². The summed E-state index contributed by atoms with van der Waals surface area (Å²) in [5.74, 6) is 0.157. The minimum atomic E-state index is -0.313. The highest BCUT2D eigenvalue weighted by atomic mass is 35.5. The number of amides is 1. The zero-order chi connectivity index (χ0) is 14.6. The molecule has 1 N–H and O–H groups in total. The van der Waals surface area contributed by atoms with Gasteiger partial charge < -0.3 is 10.2 Å². The minimum absolute atomic E-state index is 0.157. The minimum Gasteiger partial charge on any atom is -0.355 e. The van der Waals surface area contributed by atoms with Gasteiger partial charge in [-0.2, -0.15) is 0 Å². The molecule has 0 spiro atoms. The van der Waals surface area contributed by atoms with Crippen molar-refractivity contribution in [3.05, 3.63) is 34.9 Å². The van der Waals surface area contributed by atoms with E-state index in [1.54, 1.807) is 0 Å². The molecule has 0 radical (unpaired) electrons. The zero-order valence-electron chi connectivity index (χ0n) is 12.3. The van der Waals surface area contributed by atoms with Crippen molar-refractivity contribution >= 4 is 17.5 Å². The van der Waals surface area contributed by atoms with Crippen molar-refractivity contribution in [1.82, 2.24) is 10.2 Å². The van der Waals surface area contributed by atoms with Gasteiger partial charge in [-0.3, -0.25) is 4.79 Å². The van der Waals surface area contributed by atoms with E-state index in [2.05, 4.69) is 24.3 Å². The average molecular weight is 295 g/mol. The second-order valence-electron chi connectivity index (χ2n) is 5.86. The Morgan fingerprint density at radius 2 is 2.10 bits per heavy atom. The number of halogens is 1. The number of carbonyl (C=O) groups is 1. The number of rotatable bonds is 7. The number of carbonyl (C=O) groups excluding carboxylic acids is 1. The highest BCUT2D eigenvalue weighted by Gasteiger charge is 2.51. The molecule has 1 amide bonds. The molecule has 110 valence electrons. The molecule has 20 heavy (non-hydrogen) atoms. The van der Waals surface area contributed by atoms with Crippen molar-refractivity contribution in [3.63, 3.8) is 0 Å². The molecule has 3 nitrogen and oxygen atoms in total. The third-order valence-corrected chi connectivity index (χ3v) is 4.11. The lowest BCUT2D eigenvalue weighted by molar-refractivity contribution is -0.123. The quantitative estimate of drug-likeness (QED) is 0.784. The molecule has 4 heteroatoms. The van der Waals surface area contributed by atoms with Crippen LogP contribution in [0.1, 0.15) is 31.2 Å². The summed E-state index contributed by atoms with van der Waals surface area (Å²) >= 11 is 6.02. The normalized spacial score (nSPS) is 16.2. The molecule has 1 aliphatic carbocycles. The van der Waals surface area contributed by atoms with Crippen LogP contribution in [-0.2, 0) is 10.2 Å². The number of benzene rings is 1. The SMILES string of the molecule is CN(C)CCCCNC(=O)C1(c2cccc(Cl)c2)CC1. The molecule has 0 unspecified atom stereocenters. The number of nitrogens with zero attached hydrogens (tertiary/aromatic N) is 1. The first-order chi connectivity index (χ1) is 9.54. The molecule has 0 bridgehead atoms. The van der Waals surface area contributed by atoms with Gasteiger partial charge in [0.15, 0.2) is 0 Å². The number of unbranched alkanes of at least 4 members (excludes halogenated alkanes) is 1. The van der Waals surface area contributed by atoms with Gasteiger partial charge >= 0.3 is 0 Å². The van der Waals surface area contributed by atoms with Crippen LogP contribution < -0.4 is 5.32 Å². The average Bonchev–Trinajstić information content (AvgIpc) is 3.19. The van der Waals surface area contributed by atoms with Crippen molar-refractivity contribution in [3.8, 4) is 0 Å². The van der Waals surface area contributed by atoms with Gasteiger partial charge in [0.05, 0.1) is 5.41 Å². The Morgan fingerprint density at radius 1 is 1.35 bits per heavy atom. The fourth-order valence-electron chi connectivity index (χ4n) is 2.48. The molecule has 1 aliphatic rings. The molecule has 0 atom stereocenters. The topological polar surface area (TPSA) is 32.3 Å². The molecule has 0 aromatic heterocycles. The van der Waals surface area contributed by atoms with Gasteiger partial charge in [0, 0.05) is 11.6 Å². The highest BCUT2D eigenvalue weighted by molar-refractivity contribution is 6.30. The van der Waals surface area contributed by atoms with Crippen molar-refractivity contribution in [2.45, 2.75) is 31.1 Å². The molecule has 2 rings (SSSR count). The summed E-state index contributed by atoms with van der Waals surface area (Å²) in [6.07, 6.45) is 3.99. The molecule has 0 aliphatic heterocycles. The first kappa shape index (κ1) is 15.3. The Kier molecular flexibility index (Phi) is 5.06. The lowest BCUT2D eigenvalue weighted by Crippen LogP contribution is -2.35. The monoisotopic (exact) mass is 294 g/mol. The number of hydrogen-bond donors (Lipinski definition) is 1. The Labute approximate surface area is 126 Å². The van der Waals surface area contributed by atoms with Gasteiger partial charge in [-0.15, -0.1) is 0 Å². The van der Waals surface area contributed by atoms with Gasteiger partial charge in [0.25, 0.3) is 0 Å². The highest BCUT2D eigenvalue weighted by Crippen LogP contribution is 2.48. The standard InChI is InChI=1S/C16H23ClN2O/c1-19(2)11-4-3-10-18-15(20)16(8-9-16)13-6-5-7-14(17)12-13/h5-7,12H,3-4,8-11H2,1-2H3,(H,18,20). The Morgan fingerprint density at radius 3 is 2.70 bits per heavy atom. The van der Waals surface area contributed by atoms with Crippen LogP contribution in [0.25, 0.3) is 0 Å². The van der Waals surface area contributed by atoms with Crippen LogP contribution in [0, 0.1) is 0 Å². The van der Waals surface area contributed by atoms with E-state index < -0.39 is 0 Å². The maximum absolute atomic E-state index is 12.4. The molecule has 0 saturated heterocycles. The molecular weight excluding hydrogens is 272 g/mol. The first-order valence-corrected chi connectivity index (χ1v) is 7.61. The van der Waals surface area contributed by atoms with Crippen molar-refractivity contribution in [1.29, 1.82) is 0 Å². The second-order valence-corrected chi connectivity index (χ2v) is 6.30. The van der Waals surface area contributed by atoms with Crippen molar-refractivity contribution in [2.75, 3.05) is 27.2 Å². The van der Waals surface area contributed by atoms with E-state index in [9.17, 15) is 4.79 Å². The van der Waals surface area contributed by atoms with Crippen LogP contribution in [0.15, 0.2) is 24.3 Å². The largest absolute Gasteiger partial charge is 0.355 e. The van der Waals surface area contributed by atoms with E-state index in [0.717, 1.165) is 44.3 Å². The maximum Gasteiger partial charge on any atom is 0.230 e. The molecule has 1 fully saturated rings. The summed E-state index contributed by atoms with van der Waals surface area (Å²) in [6, 6.07) is 7.69. The van der Waals surface area contributed by atoms with E-state index in [1.807, 2.05) is 24.3 Å². The van der Waals surface area contributed by atoms with Gasteiger partial charge in [-0.05, 0) is 64.0 Å². The molecule has 1 saturated carbocycles. The smallest absolute Gasteiger partial charge is 0.230 e. The molecule has 1 aromatic rings. The van der Waals surface area contributed by atoms with Gasteiger partial charge in [0.2, 0.25) is 5.91 Å². The van der Waals surface area contributed by atoms with E-state index in [-0.39, 0.29) is 11.3 Å². The Hall–Kier alpha value is -1.06. The molecular formula is C16H23ClN2O. The summed E-state index contributed by atoms with van der Waals surface area (Å²) in [6.45, 7) is 1.82. The lowest BCUT2D eigenvalue weighted by Gasteiger charge is -2.16. The first-order valence-electron chi connectivity index (χ1n) is 7.24. The van der Waals surface area contributed by atoms with Crippen LogP contribution in [-0.4, -0.2) is 38.0 Å². The molecule has 0 heterocycles. The van der Waals surface area contributed by atoms with Crippen molar-refractivity contribution < 1.29 is 4.79 Å². The second kappa shape index (κ2) is 6.59. The van der Waals surface area contributed by atoms with Crippen LogP contribution >= 0.6 is 11.6 Å². The van der Waals surface area contributed by atoms with Crippen LogP contribution in [0.3, 0.4) is 0 Å². The van der Waals surface area contributed by atoms with E-state index in [0.29, 0.717) is 5.02 Å². The van der Waals surface area contributed by atoms with Gasteiger partial charge in [-0.1, -0.05) is 23.7 Å². The number of hydrogen-bond acceptors (Lipinski definition) is 2. The van der Waals surface area contributed by atoms with Crippen molar-refractivity contribution in [2.24, 2.45) is 0 Å². The van der Waals surface area contributed by atoms with Crippen LogP contribution in [0.4, 0.5) is 0 Å². The zero-order valence-corrected chi connectivity index (χ0v) is 13.0. The summed E-state index contributed by atoms with van der Waals surface area (Å²) in [5, 5.41) is 3.78. The Balaban J connectivity index is 1.83. The van der Waals surface area contributed by atoms with Crippen LogP contribution in [0.2, 0.25) is 5.02 Å². The fraction of sp³-hybridized carbons (Fsp3) is 0.562. The summed E-state index contributed by atoms with van der Waals surface area (Å²) in [7, 11) is 4.13. The van der Waals surface area contributed by atoms with Gasteiger partial charge in [-0.25, -0.2) is 0 Å². The Bertz CT molecular complexity index is 469. The van der Waals surface area contributed by atoms with E-state index >= 15 is 0 Å². The fourth-order valence-corrected chi connectivity index (χ4v) is 2.67. The summed E-state index contributed by atoms with van der Waals surface area (Å²) in [5.41, 5.74) is 0.739. The lowest BCUT2D eigenvalue weighted by atomic mass is 9.95. The third kappa shape index (κ3) is 3.74.